The molecule has 0 bridgehead atoms. The van der Waals surface area contributed by atoms with Crippen molar-refractivity contribution in [1.82, 2.24) is 15.1 Å². The zero-order valence-electron chi connectivity index (χ0n) is 22.0. The maximum Gasteiger partial charge on any atom is 0.255 e. The predicted molar refractivity (Wildman–Crippen MR) is 145 cm³/mol. The van der Waals surface area contributed by atoms with Gasteiger partial charge in [0, 0.05) is 38.7 Å². The molecule has 0 radical (unpaired) electrons. The number of hydrogen-bond acceptors (Lipinski definition) is 6. The Balaban J connectivity index is 1.45. The fraction of sp³-hybridized carbons (Fsp3) is 0.379. The van der Waals surface area contributed by atoms with Gasteiger partial charge in [0.2, 0.25) is 11.8 Å². The maximum atomic E-state index is 13.8. The third kappa shape index (κ3) is 5.47. The number of aliphatic imine (C=N–C) groups is 1. The number of benzene rings is 2. The van der Waals surface area contributed by atoms with Crippen LogP contribution in [0.3, 0.4) is 0 Å². The number of fused-ring (bicyclic) bond motifs is 1. The van der Waals surface area contributed by atoms with Crippen molar-refractivity contribution in [3.05, 3.63) is 83.1 Å². The molecule has 1 fully saturated rings. The van der Waals surface area contributed by atoms with Crippen LogP contribution in [0.5, 0.6) is 0 Å². The first kappa shape index (κ1) is 27.1. The molecule has 3 atom stereocenters. The van der Waals surface area contributed by atoms with Gasteiger partial charge in [-0.3, -0.25) is 19.4 Å². The molecule has 9 heteroatoms. The van der Waals surface area contributed by atoms with Gasteiger partial charge in [-0.2, -0.15) is 0 Å². The summed E-state index contributed by atoms with van der Waals surface area (Å²) < 4.78 is 0. The lowest BCUT2D eigenvalue weighted by Crippen LogP contribution is -2.55. The zero-order chi connectivity index (χ0) is 27.4. The Labute approximate surface area is 223 Å². The molecule has 2 aliphatic heterocycles. The fourth-order valence-electron chi connectivity index (χ4n) is 5.25. The average Bonchev–Trinajstić information content (AvgIpc) is 3.46. The minimum absolute atomic E-state index is 0.0532. The highest BCUT2D eigenvalue weighted by Gasteiger charge is 2.45. The molecule has 9 nitrogen and oxygen atoms in total. The van der Waals surface area contributed by atoms with Crippen LogP contribution in [-0.2, 0) is 22.7 Å². The Bertz CT molecular complexity index is 1250. The number of β-amino-alcohol motifs (C(OH)–C–C–N with tert-alkyl or cyclic N) is 1. The monoisotopic (exact) mass is 517 g/mol. The molecule has 0 aromatic heterocycles. The number of rotatable bonds is 8. The SMILES string of the molecule is CN=C(/C=C\N)c1ccc(CNC(=O)[C@@H]2C[C@@H](O)CN2C(=O)[C@H](C(C)C)N2Cc3ccccc3C2=O)cc1. The molecule has 2 heterocycles. The van der Waals surface area contributed by atoms with Crippen LogP contribution in [-0.4, -0.2) is 70.1 Å². The lowest BCUT2D eigenvalue weighted by atomic mass is 10.0. The molecular formula is C29H35N5O4. The summed E-state index contributed by atoms with van der Waals surface area (Å²) in [7, 11) is 1.69. The van der Waals surface area contributed by atoms with E-state index in [1.807, 2.05) is 56.3 Å². The number of amides is 3. The van der Waals surface area contributed by atoms with Crippen LogP contribution in [0.25, 0.3) is 0 Å². The standard InChI is InChI=1S/C29H35N5O4/c1-18(2)26(34-16-21-6-4-5-7-23(21)28(34)37)29(38)33-17-22(35)14-25(33)27(36)32-15-19-8-10-20(11-9-19)24(31-3)12-13-30/h4-13,18,22,25-26,35H,14-17,30H2,1-3H3,(H,32,36)/b13-12-,31-24?/t22-,25+,26+/m1/s1. The van der Waals surface area contributed by atoms with E-state index >= 15 is 0 Å². The lowest BCUT2D eigenvalue weighted by Gasteiger charge is -2.35. The Kier molecular flexibility index (Phi) is 8.26. The first-order valence-electron chi connectivity index (χ1n) is 12.8. The van der Waals surface area contributed by atoms with Crippen LogP contribution in [0.1, 0.15) is 47.3 Å². The summed E-state index contributed by atoms with van der Waals surface area (Å²) in [5.41, 5.74) is 9.49. The van der Waals surface area contributed by atoms with Gasteiger partial charge >= 0.3 is 0 Å². The number of nitrogens with zero attached hydrogens (tertiary/aromatic N) is 3. The van der Waals surface area contributed by atoms with Gasteiger partial charge in [0.1, 0.15) is 12.1 Å². The first-order chi connectivity index (χ1) is 18.2. The van der Waals surface area contributed by atoms with E-state index in [0.29, 0.717) is 12.1 Å². The van der Waals surface area contributed by atoms with Gasteiger partial charge in [-0.25, -0.2) is 0 Å². The van der Waals surface area contributed by atoms with E-state index < -0.39 is 18.2 Å². The number of hydrogen-bond donors (Lipinski definition) is 3. The van der Waals surface area contributed by atoms with Crippen molar-refractivity contribution in [1.29, 1.82) is 0 Å². The predicted octanol–water partition coefficient (Wildman–Crippen LogP) is 1.84. The Morgan fingerprint density at radius 2 is 1.89 bits per heavy atom. The zero-order valence-corrected chi connectivity index (χ0v) is 22.0. The van der Waals surface area contributed by atoms with Crippen LogP contribution < -0.4 is 11.1 Å². The molecule has 0 spiro atoms. The van der Waals surface area contributed by atoms with Crippen molar-refractivity contribution in [2.45, 2.75) is 51.5 Å². The maximum absolute atomic E-state index is 13.8. The van der Waals surface area contributed by atoms with Crippen molar-refractivity contribution in [2.24, 2.45) is 16.6 Å². The van der Waals surface area contributed by atoms with Crippen LogP contribution in [0, 0.1) is 5.92 Å². The van der Waals surface area contributed by atoms with E-state index in [2.05, 4.69) is 10.3 Å². The number of nitrogens with two attached hydrogens (primary N) is 1. The van der Waals surface area contributed by atoms with Gasteiger partial charge in [0.25, 0.3) is 5.91 Å². The van der Waals surface area contributed by atoms with Gasteiger partial charge in [-0.1, -0.05) is 56.3 Å². The van der Waals surface area contributed by atoms with Crippen LogP contribution in [0.15, 0.2) is 65.8 Å². The summed E-state index contributed by atoms with van der Waals surface area (Å²) in [6.07, 6.45) is 2.49. The van der Waals surface area contributed by atoms with Crippen LogP contribution >= 0.6 is 0 Å². The summed E-state index contributed by atoms with van der Waals surface area (Å²) >= 11 is 0. The summed E-state index contributed by atoms with van der Waals surface area (Å²) in [4.78, 5) is 47.4. The molecule has 0 aliphatic carbocycles. The molecular weight excluding hydrogens is 482 g/mol. The minimum atomic E-state index is -0.813. The highest BCUT2D eigenvalue weighted by Crippen LogP contribution is 2.30. The van der Waals surface area contributed by atoms with Crippen molar-refractivity contribution >= 4 is 23.4 Å². The summed E-state index contributed by atoms with van der Waals surface area (Å²) in [5.74, 6) is -1.01. The number of nitrogens with one attached hydrogen (secondary N) is 1. The van der Waals surface area contributed by atoms with E-state index in [1.54, 1.807) is 24.1 Å². The van der Waals surface area contributed by atoms with Gasteiger partial charge < -0.3 is 26.0 Å². The van der Waals surface area contributed by atoms with Crippen molar-refractivity contribution in [2.75, 3.05) is 13.6 Å². The second kappa shape index (κ2) is 11.6. The molecule has 2 aromatic carbocycles. The number of carbonyl (C=O) groups excluding carboxylic acids is 3. The summed E-state index contributed by atoms with van der Waals surface area (Å²) in [6.45, 7) is 4.45. The van der Waals surface area contributed by atoms with E-state index in [-0.39, 0.29) is 43.1 Å². The normalized spacial score (nSPS) is 20.3. The second-order valence-electron chi connectivity index (χ2n) is 10.1. The third-order valence-corrected chi connectivity index (χ3v) is 7.15. The van der Waals surface area contributed by atoms with Gasteiger partial charge in [0.15, 0.2) is 0 Å². The topological polar surface area (TPSA) is 128 Å². The molecule has 0 unspecified atom stereocenters. The van der Waals surface area contributed by atoms with Crippen molar-refractivity contribution < 1.29 is 19.5 Å². The highest BCUT2D eigenvalue weighted by molar-refractivity contribution is 6.08. The molecule has 4 rings (SSSR count). The van der Waals surface area contributed by atoms with Gasteiger partial charge in [-0.15, -0.1) is 0 Å². The van der Waals surface area contributed by atoms with Crippen molar-refractivity contribution in [3.8, 4) is 0 Å². The van der Waals surface area contributed by atoms with E-state index in [9.17, 15) is 19.5 Å². The second-order valence-corrected chi connectivity index (χ2v) is 10.1. The highest BCUT2D eigenvalue weighted by atomic mass is 16.3. The van der Waals surface area contributed by atoms with Crippen LogP contribution in [0.2, 0.25) is 0 Å². The molecule has 1 saturated heterocycles. The van der Waals surface area contributed by atoms with Gasteiger partial charge in [-0.05, 0) is 41.0 Å². The molecule has 2 aliphatic rings. The third-order valence-electron chi connectivity index (χ3n) is 7.15. The largest absolute Gasteiger partial charge is 0.405 e. The first-order valence-corrected chi connectivity index (χ1v) is 12.8. The van der Waals surface area contributed by atoms with E-state index in [4.69, 9.17) is 5.73 Å². The summed E-state index contributed by atoms with van der Waals surface area (Å²) in [5, 5.41) is 13.3. The van der Waals surface area contributed by atoms with E-state index in [0.717, 1.165) is 22.4 Å². The quantitative estimate of drug-likeness (QED) is 0.461. The number of aliphatic hydroxyl groups is 1. The number of likely N-dealkylation sites (tertiary alicyclic amines) is 1. The summed E-state index contributed by atoms with van der Waals surface area (Å²) in [6, 6.07) is 13.4. The number of aliphatic hydroxyl groups excluding tert-OH is 1. The number of carbonyl (C=O) groups is 3. The molecule has 0 saturated carbocycles. The minimum Gasteiger partial charge on any atom is -0.405 e. The molecule has 38 heavy (non-hydrogen) atoms. The molecule has 4 N–H and O–H groups in total. The Hall–Kier alpha value is -3.98. The molecule has 200 valence electrons. The molecule has 3 amide bonds. The van der Waals surface area contributed by atoms with Gasteiger partial charge in [0.05, 0.1) is 11.8 Å². The van der Waals surface area contributed by atoms with Crippen LogP contribution in [0.4, 0.5) is 0 Å². The fourth-order valence-corrected chi connectivity index (χ4v) is 5.25. The molecule has 2 aromatic rings. The number of allylic oxidation sites excluding steroid dienone is 1. The Morgan fingerprint density at radius 1 is 1.18 bits per heavy atom. The van der Waals surface area contributed by atoms with Crippen molar-refractivity contribution in [3.63, 3.8) is 0 Å². The Morgan fingerprint density at radius 3 is 2.53 bits per heavy atom. The smallest absolute Gasteiger partial charge is 0.255 e. The lowest BCUT2D eigenvalue weighted by molar-refractivity contribution is -0.143. The van der Waals surface area contributed by atoms with E-state index in [1.165, 1.54) is 11.1 Å². The average molecular weight is 518 g/mol.